The Kier molecular flexibility index (Phi) is 10.8. The molecule has 8 heteroatoms. The van der Waals surface area contributed by atoms with Crippen molar-refractivity contribution in [3.05, 3.63) is 35.4 Å². The van der Waals surface area contributed by atoms with Gasteiger partial charge in [0.15, 0.2) is 0 Å². The van der Waals surface area contributed by atoms with Crippen molar-refractivity contribution in [1.29, 1.82) is 0 Å². The van der Waals surface area contributed by atoms with Crippen LogP contribution in [0.2, 0.25) is 0 Å². The number of carbonyl (C=O) groups excluding carboxylic acids is 4. The van der Waals surface area contributed by atoms with Crippen LogP contribution in [-0.4, -0.2) is 72.7 Å². The summed E-state index contributed by atoms with van der Waals surface area (Å²) < 4.78 is 0. The first-order valence-corrected chi connectivity index (χ1v) is 13.6. The van der Waals surface area contributed by atoms with Gasteiger partial charge in [0.05, 0.1) is 0 Å². The summed E-state index contributed by atoms with van der Waals surface area (Å²) in [7, 11) is 0. The van der Waals surface area contributed by atoms with Crippen LogP contribution in [0.3, 0.4) is 0 Å². The third kappa shape index (κ3) is 8.07. The zero-order chi connectivity index (χ0) is 25.9. The van der Waals surface area contributed by atoms with Crippen molar-refractivity contribution in [2.45, 2.75) is 65.2 Å². The zero-order valence-corrected chi connectivity index (χ0v) is 21.9. The van der Waals surface area contributed by atoms with Crippen LogP contribution in [0.25, 0.3) is 0 Å². The van der Waals surface area contributed by atoms with Crippen LogP contribution >= 0.6 is 0 Å². The van der Waals surface area contributed by atoms with E-state index in [1.165, 1.54) is 0 Å². The molecule has 2 atom stereocenters. The number of carbonyl (C=O) groups is 4. The Morgan fingerprint density at radius 2 is 1.11 bits per heavy atom. The van der Waals surface area contributed by atoms with Gasteiger partial charge in [-0.25, -0.2) is 0 Å². The molecule has 3 rings (SSSR count). The third-order valence-electron chi connectivity index (χ3n) is 7.12. The number of likely N-dealkylation sites (tertiary alicyclic amines) is 2. The summed E-state index contributed by atoms with van der Waals surface area (Å²) in [5, 5.41) is 5.97. The van der Waals surface area contributed by atoms with Crippen molar-refractivity contribution in [2.24, 2.45) is 11.8 Å². The summed E-state index contributed by atoms with van der Waals surface area (Å²) >= 11 is 0. The summed E-state index contributed by atoms with van der Waals surface area (Å²) in [6.45, 7) is 7.87. The molecule has 2 aliphatic rings. The molecule has 2 saturated heterocycles. The minimum absolute atomic E-state index is 0.0283. The monoisotopic (exact) mass is 498 g/mol. The van der Waals surface area contributed by atoms with Crippen LogP contribution in [0.4, 0.5) is 0 Å². The van der Waals surface area contributed by atoms with Crippen LogP contribution in [0, 0.1) is 11.8 Å². The normalized spacial score (nSPS) is 20.1. The van der Waals surface area contributed by atoms with Crippen molar-refractivity contribution in [1.82, 2.24) is 20.4 Å². The van der Waals surface area contributed by atoms with Gasteiger partial charge in [-0.15, -0.1) is 0 Å². The number of amides is 4. The average Bonchev–Trinajstić information content (AvgIpc) is 2.91. The molecule has 2 unspecified atom stereocenters. The smallest absolute Gasteiger partial charge is 0.253 e. The first kappa shape index (κ1) is 27.7. The highest BCUT2D eigenvalue weighted by molar-refractivity contribution is 5.98. The number of benzene rings is 1. The maximum atomic E-state index is 13.1. The van der Waals surface area contributed by atoms with Gasteiger partial charge < -0.3 is 20.4 Å². The lowest BCUT2D eigenvalue weighted by Gasteiger charge is -2.33. The molecule has 1 aromatic carbocycles. The van der Waals surface area contributed by atoms with Crippen LogP contribution in [-0.2, 0) is 9.59 Å². The van der Waals surface area contributed by atoms with Crippen LogP contribution < -0.4 is 10.6 Å². The molecule has 4 amide bonds. The van der Waals surface area contributed by atoms with Crippen molar-refractivity contribution in [3.63, 3.8) is 0 Å². The fraction of sp³-hybridized carbons (Fsp3) is 0.643. The number of nitrogens with zero attached hydrogens (tertiary/aromatic N) is 2. The van der Waals surface area contributed by atoms with E-state index in [9.17, 15) is 19.2 Å². The van der Waals surface area contributed by atoms with Gasteiger partial charge in [0.1, 0.15) is 0 Å². The molecule has 36 heavy (non-hydrogen) atoms. The van der Waals surface area contributed by atoms with Gasteiger partial charge in [-0.1, -0.05) is 13.8 Å². The van der Waals surface area contributed by atoms with Gasteiger partial charge in [0.25, 0.3) is 11.8 Å². The molecule has 0 bridgehead atoms. The van der Waals surface area contributed by atoms with Crippen LogP contribution in [0.5, 0.6) is 0 Å². The molecule has 2 heterocycles. The van der Waals surface area contributed by atoms with E-state index in [0.29, 0.717) is 63.2 Å². The summed E-state index contributed by atoms with van der Waals surface area (Å²) in [5.74, 6) is 0.621. The average molecular weight is 499 g/mol. The highest BCUT2D eigenvalue weighted by Crippen LogP contribution is 2.21. The molecule has 0 saturated carbocycles. The van der Waals surface area contributed by atoms with Gasteiger partial charge >= 0.3 is 0 Å². The molecular weight excluding hydrogens is 456 g/mol. The second-order valence-electron chi connectivity index (χ2n) is 10.2. The molecule has 198 valence electrons. The fourth-order valence-electron chi connectivity index (χ4n) is 5.10. The van der Waals surface area contributed by atoms with E-state index in [1.807, 2.05) is 23.6 Å². The van der Waals surface area contributed by atoms with Gasteiger partial charge in [-0.3, -0.25) is 19.2 Å². The lowest BCUT2D eigenvalue weighted by Crippen LogP contribution is -2.44. The second kappa shape index (κ2) is 14.0. The van der Waals surface area contributed by atoms with Gasteiger partial charge in [-0.2, -0.15) is 0 Å². The SMILES string of the molecule is CCCC(=O)NCC1CCCN(C(=O)c2ccc(C(=O)N3CCCC(CNC(=O)CCC)C3)cc2)C1. The lowest BCUT2D eigenvalue weighted by atomic mass is 9.96. The predicted octanol–water partition coefficient (Wildman–Crippen LogP) is 3.22. The summed E-state index contributed by atoms with van der Waals surface area (Å²) in [6, 6.07) is 6.98. The Hall–Kier alpha value is -2.90. The quantitative estimate of drug-likeness (QED) is 0.517. The van der Waals surface area contributed by atoms with E-state index in [2.05, 4.69) is 10.6 Å². The Bertz CT molecular complexity index is 828. The van der Waals surface area contributed by atoms with E-state index in [-0.39, 0.29) is 35.5 Å². The molecule has 8 nitrogen and oxygen atoms in total. The fourth-order valence-corrected chi connectivity index (χ4v) is 5.10. The Labute approximate surface area is 215 Å². The van der Waals surface area contributed by atoms with Crippen molar-refractivity contribution in [2.75, 3.05) is 39.3 Å². The van der Waals surface area contributed by atoms with Gasteiger partial charge in [-0.05, 0) is 74.6 Å². The molecule has 2 N–H and O–H groups in total. The van der Waals surface area contributed by atoms with E-state index in [1.54, 1.807) is 24.3 Å². The minimum atomic E-state index is -0.0283. The summed E-state index contributed by atoms with van der Waals surface area (Å²) in [6.07, 6.45) is 6.58. The van der Waals surface area contributed by atoms with E-state index in [0.717, 1.165) is 38.5 Å². The highest BCUT2D eigenvalue weighted by Gasteiger charge is 2.27. The molecule has 0 aliphatic carbocycles. The summed E-state index contributed by atoms with van der Waals surface area (Å²) in [5.41, 5.74) is 1.16. The van der Waals surface area contributed by atoms with Crippen LogP contribution in [0.1, 0.15) is 85.9 Å². The van der Waals surface area contributed by atoms with Crippen molar-refractivity contribution >= 4 is 23.6 Å². The van der Waals surface area contributed by atoms with E-state index in [4.69, 9.17) is 0 Å². The predicted molar refractivity (Wildman–Crippen MR) is 140 cm³/mol. The zero-order valence-electron chi connectivity index (χ0n) is 21.9. The van der Waals surface area contributed by atoms with E-state index < -0.39 is 0 Å². The van der Waals surface area contributed by atoms with Crippen LogP contribution in [0.15, 0.2) is 24.3 Å². The largest absolute Gasteiger partial charge is 0.356 e. The Balaban J connectivity index is 1.51. The van der Waals surface area contributed by atoms with E-state index >= 15 is 0 Å². The topological polar surface area (TPSA) is 98.8 Å². The number of hydrogen-bond acceptors (Lipinski definition) is 4. The summed E-state index contributed by atoms with van der Waals surface area (Å²) in [4.78, 5) is 53.5. The molecule has 2 aliphatic heterocycles. The molecule has 1 aromatic rings. The third-order valence-corrected chi connectivity index (χ3v) is 7.12. The van der Waals surface area contributed by atoms with Crippen molar-refractivity contribution < 1.29 is 19.2 Å². The van der Waals surface area contributed by atoms with Gasteiger partial charge in [0, 0.05) is 63.2 Å². The first-order valence-electron chi connectivity index (χ1n) is 13.6. The molecule has 0 aromatic heterocycles. The molecular formula is C28H42N4O4. The lowest BCUT2D eigenvalue weighted by molar-refractivity contribution is -0.122. The van der Waals surface area contributed by atoms with Crippen molar-refractivity contribution in [3.8, 4) is 0 Å². The first-order chi connectivity index (χ1) is 17.4. The maximum absolute atomic E-state index is 13.1. The number of piperidine rings is 2. The minimum Gasteiger partial charge on any atom is -0.356 e. The number of nitrogens with one attached hydrogen (secondary N) is 2. The highest BCUT2D eigenvalue weighted by atomic mass is 16.2. The number of hydrogen-bond donors (Lipinski definition) is 2. The molecule has 0 spiro atoms. The molecule has 0 radical (unpaired) electrons. The Morgan fingerprint density at radius 1 is 0.722 bits per heavy atom. The maximum Gasteiger partial charge on any atom is 0.253 e. The molecule has 2 fully saturated rings. The standard InChI is InChI=1S/C28H42N4O4/c1-3-7-25(33)29-17-21-9-5-15-31(19-21)27(35)23-11-13-24(14-12-23)28(36)32-16-6-10-22(20-32)18-30-26(34)8-4-2/h11-14,21-22H,3-10,15-20H2,1-2H3,(H,29,33)(H,30,34). The number of rotatable bonds is 10. The van der Waals surface area contributed by atoms with Gasteiger partial charge in [0.2, 0.25) is 11.8 Å². The Morgan fingerprint density at radius 3 is 1.47 bits per heavy atom. The second-order valence-corrected chi connectivity index (χ2v) is 10.2.